The summed E-state index contributed by atoms with van der Waals surface area (Å²) in [5, 5.41) is 0.977. The summed E-state index contributed by atoms with van der Waals surface area (Å²) in [5.41, 5.74) is 1.35. The molecule has 20 heavy (non-hydrogen) atoms. The Bertz CT molecular complexity index is 784. The van der Waals surface area contributed by atoms with Gasteiger partial charge in [-0.2, -0.15) is 0 Å². The van der Waals surface area contributed by atoms with Crippen LogP contribution >= 0.6 is 0 Å². The maximum Gasteiger partial charge on any atom is 0.230 e. The van der Waals surface area contributed by atoms with Crippen molar-refractivity contribution in [2.75, 3.05) is 0 Å². The molecule has 0 atom stereocenters. The van der Waals surface area contributed by atoms with Gasteiger partial charge in [-0.3, -0.25) is 9.78 Å². The van der Waals surface area contributed by atoms with E-state index in [0.717, 1.165) is 10.9 Å². The largest absolute Gasteiger partial charge is 0.437 e. The average Bonchev–Trinajstić information content (AvgIpc) is 2.47. The highest BCUT2D eigenvalue weighted by atomic mass is 16.5. The number of fused-ring (bicyclic) bond motifs is 1. The Kier molecular flexibility index (Phi) is 3.13. The quantitative estimate of drug-likeness (QED) is 0.678. The van der Waals surface area contributed by atoms with Crippen molar-refractivity contribution in [1.29, 1.82) is 0 Å². The smallest absolute Gasteiger partial charge is 0.230 e. The first-order valence-electron chi connectivity index (χ1n) is 6.22. The van der Waals surface area contributed by atoms with E-state index in [1.165, 1.54) is 6.92 Å². The number of nitrogens with zero attached hydrogens (tertiary/aromatic N) is 2. The molecule has 0 aliphatic carbocycles. The monoisotopic (exact) mass is 264 g/mol. The first-order chi connectivity index (χ1) is 9.74. The van der Waals surface area contributed by atoms with Crippen molar-refractivity contribution in [3.8, 4) is 11.6 Å². The van der Waals surface area contributed by atoms with Crippen LogP contribution in [0.15, 0.2) is 54.9 Å². The van der Waals surface area contributed by atoms with Gasteiger partial charge in [-0.1, -0.05) is 18.2 Å². The predicted molar refractivity (Wildman–Crippen MR) is 76.1 cm³/mol. The minimum Gasteiger partial charge on any atom is -0.437 e. The summed E-state index contributed by atoms with van der Waals surface area (Å²) >= 11 is 0. The number of rotatable bonds is 3. The lowest BCUT2D eigenvalue weighted by atomic mass is 10.2. The summed E-state index contributed by atoms with van der Waals surface area (Å²) < 4.78 is 5.68. The highest BCUT2D eigenvalue weighted by Crippen LogP contribution is 2.25. The Balaban J connectivity index is 1.99. The van der Waals surface area contributed by atoms with E-state index in [2.05, 4.69) is 9.97 Å². The number of carbonyl (C=O) groups excluding carboxylic acids is 1. The number of ketones is 1. The molecule has 0 saturated heterocycles. The van der Waals surface area contributed by atoms with E-state index in [4.69, 9.17) is 4.74 Å². The summed E-state index contributed by atoms with van der Waals surface area (Å²) in [5.74, 6) is 0.781. The van der Waals surface area contributed by atoms with Crippen LogP contribution in [0.2, 0.25) is 0 Å². The zero-order valence-electron chi connectivity index (χ0n) is 10.9. The second-order valence-electron chi connectivity index (χ2n) is 4.38. The molecule has 0 bridgehead atoms. The number of pyridine rings is 2. The van der Waals surface area contributed by atoms with Crippen LogP contribution < -0.4 is 4.74 Å². The molecule has 0 spiro atoms. The van der Waals surface area contributed by atoms with Crippen molar-refractivity contribution in [2.24, 2.45) is 0 Å². The van der Waals surface area contributed by atoms with Crippen molar-refractivity contribution >= 4 is 16.7 Å². The summed E-state index contributed by atoms with van der Waals surface area (Å²) in [6.45, 7) is 1.49. The molecule has 3 aromatic rings. The van der Waals surface area contributed by atoms with E-state index >= 15 is 0 Å². The van der Waals surface area contributed by atoms with Crippen molar-refractivity contribution in [3.63, 3.8) is 0 Å². The molecule has 2 heterocycles. The fourth-order valence-corrected chi connectivity index (χ4v) is 1.96. The standard InChI is InChI=1S/C16H12N2O2/c1-11(19)14-6-4-8-17-16(14)20-13-9-12-5-2-3-7-15(12)18-10-13/h2-10H,1H3. The molecule has 0 aliphatic heterocycles. The van der Waals surface area contributed by atoms with Crippen LogP contribution in [0.1, 0.15) is 17.3 Å². The van der Waals surface area contributed by atoms with Gasteiger partial charge in [0.05, 0.1) is 17.3 Å². The van der Waals surface area contributed by atoms with Crippen LogP contribution in [-0.4, -0.2) is 15.8 Å². The molecule has 0 amide bonds. The molecule has 0 fully saturated rings. The number of Topliss-reactive ketones (excluding diaryl/α,β-unsaturated/α-hetero) is 1. The molecular formula is C16H12N2O2. The zero-order chi connectivity index (χ0) is 13.9. The lowest BCUT2D eigenvalue weighted by molar-refractivity contribution is 0.101. The molecule has 4 heteroatoms. The minimum absolute atomic E-state index is 0.0816. The van der Waals surface area contributed by atoms with E-state index in [1.54, 1.807) is 24.5 Å². The third-order valence-corrected chi connectivity index (χ3v) is 2.93. The normalized spacial score (nSPS) is 10.4. The van der Waals surface area contributed by atoms with Crippen molar-refractivity contribution < 1.29 is 9.53 Å². The van der Waals surface area contributed by atoms with Gasteiger partial charge in [0.2, 0.25) is 5.88 Å². The van der Waals surface area contributed by atoms with E-state index in [9.17, 15) is 4.79 Å². The van der Waals surface area contributed by atoms with Crippen LogP contribution in [0.4, 0.5) is 0 Å². The molecule has 2 aromatic heterocycles. The fraction of sp³-hybridized carbons (Fsp3) is 0.0625. The van der Waals surface area contributed by atoms with Crippen LogP contribution in [0.3, 0.4) is 0 Å². The van der Waals surface area contributed by atoms with Crippen LogP contribution in [0.5, 0.6) is 11.6 Å². The Morgan fingerprint density at radius 2 is 1.95 bits per heavy atom. The molecule has 1 aromatic carbocycles. The Morgan fingerprint density at radius 1 is 1.10 bits per heavy atom. The van der Waals surface area contributed by atoms with E-state index < -0.39 is 0 Å². The maximum atomic E-state index is 11.5. The first-order valence-corrected chi connectivity index (χ1v) is 6.22. The molecule has 4 nitrogen and oxygen atoms in total. The second-order valence-corrected chi connectivity index (χ2v) is 4.38. The molecule has 0 unspecified atom stereocenters. The number of carbonyl (C=O) groups is 1. The van der Waals surface area contributed by atoms with Gasteiger partial charge in [0.1, 0.15) is 5.75 Å². The maximum absolute atomic E-state index is 11.5. The highest BCUT2D eigenvalue weighted by molar-refractivity contribution is 5.96. The van der Waals surface area contributed by atoms with Crippen LogP contribution in [-0.2, 0) is 0 Å². The zero-order valence-corrected chi connectivity index (χ0v) is 10.9. The van der Waals surface area contributed by atoms with Crippen molar-refractivity contribution in [2.45, 2.75) is 6.92 Å². The highest BCUT2D eigenvalue weighted by Gasteiger charge is 2.10. The van der Waals surface area contributed by atoms with Gasteiger partial charge in [0, 0.05) is 11.6 Å². The number of benzene rings is 1. The van der Waals surface area contributed by atoms with Gasteiger partial charge in [-0.05, 0) is 31.2 Å². The fourth-order valence-electron chi connectivity index (χ4n) is 1.96. The number of para-hydroxylation sites is 1. The van der Waals surface area contributed by atoms with E-state index in [-0.39, 0.29) is 5.78 Å². The average molecular weight is 264 g/mol. The third-order valence-electron chi connectivity index (χ3n) is 2.93. The van der Waals surface area contributed by atoms with Gasteiger partial charge < -0.3 is 4.74 Å². The number of hydrogen-bond donors (Lipinski definition) is 0. The Labute approximate surface area is 116 Å². The molecular weight excluding hydrogens is 252 g/mol. The summed E-state index contributed by atoms with van der Waals surface area (Å²) in [6, 6.07) is 13.0. The topological polar surface area (TPSA) is 52.1 Å². The summed E-state index contributed by atoms with van der Waals surface area (Å²) in [4.78, 5) is 20.0. The van der Waals surface area contributed by atoms with Gasteiger partial charge >= 0.3 is 0 Å². The summed E-state index contributed by atoms with van der Waals surface area (Å²) in [7, 11) is 0. The summed E-state index contributed by atoms with van der Waals surface area (Å²) in [6.07, 6.45) is 3.22. The SMILES string of the molecule is CC(=O)c1cccnc1Oc1cnc2ccccc2c1. The van der Waals surface area contributed by atoms with E-state index in [0.29, 0.717) is 17.2 Å². The van der Waals surface area contributed by atoms with Crippen LogP contribution in [0.25, 0.3) is 10.9 Å². The number of aromatic nitrogens is 2. The lowest BCUT2D eigenvalue weighted by Gasteiger charge is -2.08. The Hall–Kier alpha value is -2.75. The lowest BCUT2D eigenvalue weighted by Crippen LogP contribution is -1.99. The minimum atomic E-state index is -0.0816. The van der Waals surface area contributed by atoms with Gasteiger partial charge in [0.25, 0.3) is 0 Å². The molecule has 0 saturated carbocycles. The third kappa shape index (κ3) is 2.36. The van der Waals surface area contributed by atoms with Gasteiger partial charge in [-0.25, -0.2) is 4.98 Å². The molecule has 0 aliphatic rings. The van der Waals surface area contributed by atoms with Gasteiger partial charge in [0.15, 0.2) is 5.78 Å². The van der Waals surface area contributed by atoms with E-state index in [1.807, 2.05) is 30.3 Å². The van der Waals surface area contributed by atoms with Crippen molar-refractivity contribution in [1.82, 2.24) is 9.97 Å². The molecule has 3 rings (SSSR count). The number of hydrogen-bond acceptors (Lipinski definition) is 4. The Morgan fingerprint density at radius 3 is 2.80 bits per heavy atom. The van der Waals surface area contributed by atoms with Crippen molar-refractivity contribution in [3.05, 3.63) is 60.4 Å². The molecule has 0 radical (unpaired) electrons. The first kappa shape index (κ1) is 12.3. The molecule has 0 N–H and O–H groups in total. The predicted octanol–water partition coefficient (Wildman–Crippen LogP) is 3.62. The van der Waals surface area contributed by atoms with Crippen LogP contribution in [0, 0.1) is 0 Å². The molecule has 98 valence electrons. The number of ether oxygens (including phenoxy) is 1. The second kappa shape index (κ2) is 5.09. The van der Waals surface area contributed by atoms with Gasteiger partial charge in [-0.15, -0.1) is 0 Å².